The summed E-state index contributed by atoms with van der Waals surface area (Å²) in [5, 5.41) is 7.23. The van der Waals surface area contributed by atoms with E-state index in [0.717, 1.165) is 48.3 Å². The molecule has 1 aliphatic heterocycles. The predicted molar refractivity (Wildman–Crippen MR) is 73.2 cm³/mol. The van der Waals surface area contributed by atoms with Crippen LogP contribution >= 0.6 is 11.3 Å². The minimum Gasteiger partial charge on any atom is -0.350 e. The van der Waals surface area contributed by atoms with Crippen molar-refractivity contribution in [3.8, 4) is 0 Å². The molecule has 1 aromatic heterocycles. The number of thiazole rings is 1. The number of piperazine rings is 1. The molecule has 2 rings (SSSR count). The van der Waals surface area contributed by atoms with Crippen molar-refractivity contribution in [2.75, 3.05) is 39.3 Å². The number of rotatable bonds is 4. The Kier molecular flexibility index (Phi) is 4.68. The van der Waals surface area contributed by atoms with Gasteiger partial charge in [-0.3, -0.25) is 9.69 Å². The van der Waals surface area contributed by atoms with Crippen molar-refractivity contribution in [1.29, 1.82) is 0 Å². The Labute approximate surface area is 112 Å². The van der Waals surface area contributed by atoms with Crippen LogP contribution in [0.5, 0.6) is 0 Å². The molecule has 0 radical (unpaired) electrons. The molecule has 18 heavy (non-hydrogen) atoms. The van der Waals surface area contributed by atoms with E-state index >= 15 is 0 Å². The first-order valence-corrected chi connectivity index (χ1v) is 7.14. The molecule has 1 fully saturated rings. The van der Waals surface area contributed by atoms with Gasteiger partial charge in [-0.25, -0.2) is 4.98 Å². The van der Waals surface area contributed by atoms with Crippen LogP contribution in [0.2, 0.25) is 0 Å². The second-order valence-electron chi connectivity index (χ2n) is 4.49. The highest BCUT2D eigenvalue weighted by molar-refractivity contribution is 7.13. The first-order valence-electron chi connectivity index (χ1n) is 6.32. The highest BCUT2D eigenvalue weighted by Crippen LogP contribution is 2.16. The molecule has 0 atom stereocenters. The summed E-state index contributed by atoms with van der Waals surface area (Å²) in [4.78, 5) is 19.3. The number of nitrogens with zero attached hydrogens (tertiary/aromatic N) is 2. The number of hydrogen-bond acceptors (Lipinski definition) is 5. The van der Waals surface area contributed by atoms with Crippen molar-refractivity contribution in [3.63, 3.8) is 0 Å². The average Bonchev–Trinajstić information content (AvgIpc) is 2.70. The molecule has 0 saturated carbocycles. The van der Waals surface area contributed by atoms with Gasteiger partial charge in [0, 0.05) is 39.3 Å². The highest BCUT2D eigenvalue weighted by atomic mass is 32.1. The van der Waals surface area contributed by atoms with E-state index in [1.807, 2.05) is 13.8 Å². The van der Waals surface area contributed by atoms with Gasteiger partial charge in [-0.1, -0.05) is 0 Å². The minimum absolute atomic E-state index is 0.00762. The van der Waals surface area contributed by atoms with Crippen LogP contribution in [0, 0.1) is 13.8 Å². The number of aryl methyl sites for hydroxylation is 2. The van der Waals surface area contributed by atoms with Crippen LogP contribution in [-0.2, 0) is 0 Å². The molecule has 0 aliphatic carbocycles. The van der Waals surface area contributed by atoms with E-state index in [1.165, 1.54) is 11.3 Å². The molecule has 0 spiro atoms. The molecular weight excluding hydrogens is 248 g/mol. The van der Waals surface area contributed by atoms with E-state index in [0.29, 0.717) is 6.54 Å². The normalized spacial score (nSPS) is 16.8. The fraction of sp³-hybridized carbons (Fsp3) is 0.667. The first kappa shape index (κ1) is 13.5. The van der Waals surface area contributed by atoms with Crippen LogP contribution < -0.4 is 10.6 Å². The number of aromatic nitrogens is 1. The highest BCUT2D eigenvalue weighted by Gasteiger charge is 2.14. The zero-order valence-electron chi connectivity index (χ0n) is 11.0. The number of carbonyl (C=O) groups is 1. The molecule has 1 aliphatic rings. The Morgan fingerprint density at radius 2 is 2.17 bits per heavy atom. The predicted octanol–water partition coefficient (Wildman–Crippen LogP) is 0.395. The number of hydrogen-bond donors (Lipinski definition) is 2. The Balaban J connectivity index is 1.76. The van der Waals surface area contributed by atoms with Crippen LogP contribution in [0.3, 0.4) is 0 Å². The van der Waals surface area contributed by atoms with Crippen LogP contribution in [0.25, 0.3) is 0 Å². The van der Waals surface area contributed by atoms with Gasteiger partial charge < -0.3 is 10.6 Å². The lowest BCUT2D eigenvalue weighted by molar-refractivity contribution is 0.0950. The van der Waals surface area contributed by atoms with E-state index in [-0.39, 0.29) is 5.91 Å². The molecule has 5 nitrogen and oxygen atoms in total. The van der Waals surface area contributed by atoms with Crippen LogP contribution in [0.1, 0.15) is 20.4 Å². The lowest BCUT2D eigenvalue weighted by atomic mass is 10.3. The Morgan fingerprint density at radius 1 is 1.44 bits per heavy atom. The molecule has 100 valence electrons. The molecule has 1 saturated heterocycles. The van der Waals surface area contributed by atoms with Gasteiger partial charge in [0.05, 0.1) is 10.7 Å². The van der Waals surface area contributed by atoms with Crippen molar-refractivity contribution in [1.82, 2.24) is 20.5 Å². The van der Waals surface area contributed by atoms with Crippen LogP contribution in [0.15, 0.2) is 0 Å². The van der Waals surface area contributed by atoms with E-state index in [2.05, 4.69) is 20.5 Å². The van der Waals surface area contributed by atoms with Gasteiger partial charge in [0.25, 0.3) is 5.91 Å². The van der Waals surface area contributed by atoms with Gasteiger partial charge in [-0.05, 0) is 13.8 Å². The maximum absolute atomic E-state index is 11.9. The molecule has 2 heterocycles. The van der Waals surface area contributed by atoms with Gasteiger partial charge in [-0.15, -0.1) is 11.3 Å². The Morgan fingerprint density at radius 3 is 2.78 bits per heavy atom. The van der Waals surface area contributed by atoms with Crippen molar-refractivity contribution in [3.05, 3.63) is 15.6 Å². The minimum atomic E-state index is 0.00762. The fourth-order valence-electron chi connectivity index (χ4n) is 2.08. The maximum atomic E-state index is 11.9. The standard InChI is InChI=1S/C12H20N4OS/c1-9-11(18-10(2)15-9)12(17)14-5-8-16-6-3-13-4-7-16/h13H,3-8H2,1-2H3,(H,14,17). The summed E-state index contributed by atoms with van der Waals surface area (Å²) < 4.78 is 0. The molecular formula is C12H20N4OS. The summed E-state index contributed by atoms with van der Waals surface area (Å²) in [6.45, 7) is 9.65. The van der Waals surface area contributed by atoms with Gasteiger partial charge in [0.2, 0.25) is 0 Å². The molecule has 2 N–H and O–H groups in total. The lowest BCUT2D eigenvalue weighted by Crippen LogP contribution is -2.46. The second kappa shape index (κ2) is 6.26. The summed E-state index contributed by atoms with van der Waals surface area (Å²) >= 11 is 1.46. The molecule has 1 aromatic rings. The SMILES string of the molecule is Cc1nc(C)c(C(=O)NCCN2CCNCC2)s1. The van der Waals surface area contributed by atoms with E-state index in [9.17, 15) is 4.79 Å². The third-order valence-electron chi connectivity index (χ3n) is 3.03. The summed E-state index contributed by atoms with van der Waals surface area (Å²) in [7, 11) is 0. The third kappa shape index (κ3) is 3.51. The monoisotopic (exact) mass is 268 g/mol. The van der Waals surface area contributed by atoms with Crippen molar-refractivity contribution in [2.45, 2.75) is 13.8 Å². The van der Waals surface area contributed by atoms with Crippen molar-refractivity contribution in [2.24, 2.45) is 0 Å². The largest absolute Gasteiger partial charge is 0.350 e. The summed E-state index contributed by atoms with van der Waals surface area (Å²) in [6, 6.07) is 0. The van der Waals surface area contributed by atoms with Gasteiger partial charge in [0.1, 0.15) is 4.88 Å². The van der Waals surface area contributed by atoms with Gasteiger partial charge in [-0.2, -0.15) is 0 Å². The maximum Gasteiger partial charge on any atom is 0.263 e. The summed E-state index contributed by atoms with van der Waals surface area (Å²) in [5.74, 6) is 0.00762. The molecule has 1 amide bonds. The zero-order valence-corrected chi connectivity index (χ0v) is 11.8. The molecule has 0 unspecified atom stereocenters. The van der Waals surface area contributed by atoms with Crippen molar-refractivity contribution < 1.29 is 4.79 Å². The average molecular weight is 268 g/mol. The lowest BCUT2D eigenvalue weighted by Gasteiger charge is -2.27. The summed E-state index contributed by atoms with van der Waals surface area (Å²) in [5.41, 5.74) is 0.831. The van der Waals surface area contributed by atoms with Crippen LogP contribution in [0.4, 0.5) is 0 Å². The number of amides is 1. The van der Waals surface area contributed by atoms with E-state index < -0.39 is 0 Å². The quantitative estimate of drug-likeness (QED) is 0.830. The topological polar surface area (TPSA) is 57.3 Å². The smallest absolute Gasteiger partial charge is 0.263 e. The first-order chi connectivity index (χ1) is 8.66. The van der Waals surface area contributed by atoms with Crippen molar-refractivity contribution >= 4 is 17.2 Å². The number of nitrogens with one attached hydrogen (secondary N) is 2. The Hall–Kier alpha value is -0.980. The fourth-order valence-corrected chi connectivity index (χ4v) is 2.92. The van der Waals surface area contributed by atoms with Gasteiger partial charge in [0.15, 0.2) is 0 Å². The van der Waals surface area contributed by atoms with E-state index in [1.54, 1.807) is 0 Å². The van der Waals surface area contributed by atoms with Crippen LogP contribution in [-0.4, -0.2) is 55.1 Å². The third-order valence-corrected chi connectivity index (χ3v) is 4.10. The number of carbonyl (C=O) groups excluding carboxylic acids is 1. The molecule has 0 bridgehead atoms. The summed E-state index contributed by atoms with van der Waals surface area (Å²) in [6.07, 6.45) is 0. The second-order valence-corrected chi connectivity index (χ2v) is 5.70. The van der Waals surface area contributed by atoms with E-state index in [4.69, 9.17) is 0 Å². The molecule has 6 heteroatoms. The van der Waals surface area contributed by atoms with Gasteiger partial charge >= 0.3 is 0 Å². The zero-order chi connectivity index (χ0) is 13.0. The molecule has 0 aromatic carbocycles. The Bertz CT molecular complexity index is 412.